The first-order chi connectivity index (χ1) is 13.8. The third-order valence-electron chi connectivity index (χ3n) is 4.58. The lowest BCUT2D eigenvalue weighted by molar-refractivity contribution is -0.123. The van der Waals surface area contributed by atoms with Gasteiger partial charge in [-0.2, -0.15) is 5.10 Å². The first-order valence-corrected chi connectivity index (χ1v) is 9.49. The normalized spacial score (nSPS) is 15.2. The highest BCUT2D eigenvalue weighted by molar-refractivity contribution is 6.35. The summed E-state index contributed by atoms with van der Waals surface area (Å²) in [6.07, 6.45) is -0.118. The molecule has 4 rings (SSSR count). The number of halogens is 3. The highest BCUT2D eigenvalue weighted by Crippen LogP contribution is 2.38. The van der Waals surface area contributed by atoms with E-state index in [0.29, 0.717) is 32.8 Å². The van der Waals surface area contributed by atoms with Crippen LogP contribution in [0.2, 0.25) is 10.0 Å². The SMILES string of the molecule is Cc1nn2c(c1-c1ccc(F)cc1)NC(=O)C2CC(=O)Nc1cc(Cl)cc(Cl)c1. The van der Waals surface area contributed by atoms with E-state index in [9.17, 15) is 14.0 Å². The van der Waals surface area contributed by atoms with Crippen molar-refractivity contribution >= 4 is 46.5 Å². The number of hydrogen-bond acceptors (Lipinski definition) is 3. The minimum Gasteiger partial charge on any atom is -0.326 e. The molecule has 0 radical (unpaired) electrons. The third-order valence-corrected chi connectivity index (χ3v) is 5.02. The molecule has 1 atom stereocenters. The van der Waals surface area contributed by atoms with Crippen molar-refractivity contribution in [2.75, 3.05) is 10.6 Å². The summed E-state index contributed by atoms with van der Waals surface area (Å²) < 4.78 is 14.7. The highest BCUT2D eigenvalue weighted by atomic mass is 35.5. The maximum Gasteiger partial charge on any atom is 0.251 e. The number of nitrogens with one attached hydrogen (secondary N) is 2. The van der Waals surface area contributed by atoms with E-state index < -0.39 is 6.04 Å². The Bertz CT molecular complexity index is 1110. The van der Waals surface area contributed by atoms with E-state index >= 15 is 0 Å². The molecule has 0 saturated heterocycles. The maximum absolute atomic E-state index is 13.2. The Labute approximate surface area is 175 Å². The second kappa shape index (κ2) is 7.50. The van der Waals surface area contributed by atoms with Crippen LogP contribution in [-0.4, -0.2) is 21.6 Å². The summed E-state index contributed by atoms with van der Waals surface area (Å²) in [5.41, 5.74) is 2.53. The van der Waals surface area contributed by atoms with Crippen molar-refractivity contribution in [3.05, 3.63) is 64.0 Å². The van der Waals surface area contributed by atoms with E-state index in [4.69, 9.17) is 23.2 Å². The predicted octanol–water partition coefficient (Wildman–Crippen LogP) is 4.83. The zero-order chi connectivity index (χ0) is 20.7. The van der Waals surface area contributed by atoms with Gasteiger partial charge < -0.3 is 10.6 Å². The Kier molecular flexibility index (Phi) is 5.02. The lowest BCUT2D eigenvalue weighted by atomic mass is 10.1. The molecule has 0 bridgehead atoms. The van der Waals surface area contributed by atoms with Crippen LogP contribution in [0.4, 0.5) is 15.9 Å². The van der Waals surface area contributed by atoms with Crippen LogP contribution in [0.25, 0.3) is 11.1 Å². The molecule has 29 heavy (non-hydrogen) atoms. The van der Waals surface area contributed by atoms with Crippen molar-refractivity contribution in [2.45, 2.75) is 19.4 Å². The van der Waals surface area contributed by atoms with Crippen LogP contribution < -0.4 is 10.6 Å². The summed E-state index contributed by atoms with van der Waals surface area (Å²) >= 11 is 11.9. The van der Waals surface area contributed by atoms with Crippen LogP contribution in [0.5, 0.6) is 0 Å². The average molecular weight is 433 g/mol. The number of benzene rings is 2. The van der Waals surface area contributed by atoms with Gasteiger partial charge in [-0.15, -0.1) is 0 Å². The van der Waals surface area contributed by atoms with Gasteiger partial charge in [0.2, 0.25) is 5.91 Å². The summed E-state index contributed by atoms with van der Waals surface area (Å²) in [6.45, 7) is 1.79. The number of nitrogens with zero attached hydrogens (tertiary/aromatic N) is 2. The lowest BCUT2D eigenvalue weighted by Gasteiger charge is -2.10. The topological polar surface area (TPSA) is 76.0 Å². The maximum atomic E-state index is 13.2. The van der Waals surface area contributed by atoms with E-state index in [-0.39, 0.29) is 24.1 Å². The fourth-order valence-electron chi connectivity index (χ4n) is 3.36. The van der Waals surface area contributed by atoms with Crippen molar-refractivity contribution in [1.82, 2.24) is 9.78 Å². The second-order valence-corrected chi connectivity index (χ2v) is 7.55. The molecular weight excluding hydrogens is 418 g/mol. The van der Waals surface area contributed by atoms with Gasteiger partial charge in [-0.1, -0.05) is 35.3 Å². The van der Waals surface area contributed by atoms with Gasteiger partial charge in [0.1, 0.15) is 17.7 Å². The van der Waals surface area contributed by atoms with Crippen LogP contribution in [-0.2, 0) is 9.59 Å². The number of rotatable bonds is 4. The van der Waals surface area contributed by atoms with Gasteiger partial charge in [0.15, 0.2) is 0 Å². The van der Waals surface area contributed by atoms with Crippen molar-refractivity contribution in [3.63, 3.8) is 0 Å². The van der Waals surface area contributed by atoms with E-state index in [1.165, 1.54) is 16.8 Å². The number of aryl methyl sites for hydroxylation is 1. The number of amides is 2. The van der Waals surface area contributed by atoms with Crippen molar-refractivity contribution in [2.24, 2.45) is 0 Å². The molecule has 3 aromatic rings. The van der Waals surface area contributed by atoms with Crippen LogP contribution in [0.3, 0.4) is 0 Å². The molecule has 2 amide bonds. The summed E-state index contributed by atoms with van der Waals surface area (Å²) in [4.78, 5) is 25.0. The number of anilines is 2. The molecule has 2 N–H and O–H groups in total. The van der Waals surface area contributed by atoms with Gasteiger partial charge >= 0.3 is 0 Å². The zero-order valence-corrected chi connectivity index (χ0v) is 16.7. The van der Waals surface area contributed by atoms with E-state index in [1.807, 2.05) is 0 Å². The van der Waals surface area contributed by atoms with Gasteiger partial charge in [-0.05, 0) is 42.8 Å². The first kappa shape index (κ1) is 19.4. The molecule has 0 spiro atoms. The Morgan fingerprint density at radius 3 is 2.52 bits per heavy atom. The Morgan fingerprint density at radius 2 is 1.86 bits per heavy atom. The lowest BCUT2D eigenvalue weighted by Crippen LogP contribution is -2.23. The molecule has 2 aromatic carbocycles. The summed E-state index contributed by atoms with van der Waals surface area (Å²) in [5, 5.41) is 10.7. The standard InChI is InChI=1S/C20H15Cl2FN4O2/c1-10-18(11-2-4-14(23)5-3-11)19-25-20(29)16(27(19)26-10)9-17(28)24-15-7-12(21)6-13(22)8-15/h2-8,16H,9H2,1H3,(H,24,28)(H,25,29). The average Bonchev–Trinajstić information content (AvgIpc) is 3.09. The first-order valence-electron chi connectivity index (χ1n) is 8.73. The van der Waals surface area contributed by atoms with Crippen molar-refractivity contribution in [3.8, 4) is 11.1 Å². The zero-order valence-electron chi connectivity index (χ0n) is 15.2. The smallest absolute Gasteiger partial charge is 0.251 e. The van der Waals surface area contributed by atoms with Gasteiger partial charge in [-0.3, -0.25) is 9.59 Å². The van der Waals surface area contributed by atoms with Crippen LogP contribution >= 0.6 is 23.2 Å². The number of carbonyl (C=O) groups excluding carboxylic acids is 2. The van der Waals surface area contributed by atoms with Crippen LogP contribution in [0.15, 0.2) is 42.5 Å². The van der Waals surface area contributed by atoms with E-state index in [1.54, 1.807) is 37.3 Å². The summed E-state index contributed by atoms with van der Waals surface area (Å²) in [5.74, 6) is -0.583. The molecule has 1 aliphatic heterocycles. The number of carbonyl (C=O) groups is 2. The van der Waals surface area contributed by atoms with Crippen molar-refractivity contribution < 1.29 is 14.0 Å². The fraction of sp³-hybridized carbons (Fsp3) is 0.150. The molecule has 0 fully saturated rings. The largest absolute Gasteiger partial charge is 0.326 e. The molecule has 9 heteroatoms. The van der Waals surface area contributed by atoms with Crippen LogP contribution in [0.1, 0.15) is 18.2 Å². The molecule has 2 heterocycles. The van der Waals surface area contributed by atoms with Gasteiger partial charge in [0, 0.05) is 21.3 Å². The highest BCUT2D eigenvalue weighted by Gasteiger charge is 2.36. The summed E-state index contributed by atoms with van der Waals surface area (Å²) in [6, 6.07) is 9.82. The number of aromatic nitrogens is 2. The number of fused-ring (bicyclic) bond motifs is 1. The van der Waals surface area contributed by atoms with Gasteiger partial charge in [0.25, 0.3) is 5.91 Å². The Balaban J connectivity index is 1.58. The molecule has 0 saturated carbocycles. The fourth-order valence-corrected chi connectivity index (χ4v) is 3.88. The van der Waals surface area contributed by atoms with E-state index in [0.717, 1.165) is 5.56 Å². The second-order valence-electron chi connectivity index (χ2n) is 6.68. The predicted molar refractivity (Wildman–Crippen MR) is 110 cm³/mol. The molecule has 1 aliphatic rings. The molecular formula is C20H15Cl2FN4O2. The van der Waals surface area contributed by atoms with Gasteiger partial charge in [0.05, 0.1) is 12.1 Å². The molecule has 0 aliphatic carbocycles. The monoisotopic (exact) mass is 432 g/mol. The van der Waals surface area contributed by atoms with Crippen LogP contribution in [0, 0.1) is 12.7 Å². The quantitative estimate of drug-likeness (QED) is 0.619. The Hall–Kier alpha value is -2.90. The minimum absolute atomic E-state index is 0.118. The number of hydrogen-bond donors (Lipinski definition) is 2. The third kappa shape index (κ3) is 3.83. The molecule has 148 valence electrons. The molecule has 6 nitrogen and oxygen atoms in total. The van der Waals surface area contributed by atoms with E-state index in [2.05, 4.69) is 15.7 Å². The molecule has 1 aromatic heterocycles. The van der Waals surface area contributed by atoms with Crippen molar-refractivity contribution in [1.29, 1.82) is 0 Å². The Morgan fingerprint density at radius 1 is 1.21 bits per heavy atom. The minimum atomic E-state index is -0.799. The van der Waals surface area contributed by atoms with Gasteiger partial charge in [-0.25, -0.2) is 9.07 Å². The molecule has 1 unspecified atom stereocenters. The summed E-state index contributed by atoms with van der Waals surface area (Å²) in [7, 11) is 0.